The van der Waals surface area contributed by atoms with Crippen LogP contribution in [0.3, 0.4) is 0 Å². The number of rotatable bonds is 5. The zero-order valence-corrected chi connectivity index (χ0v) is 41.4. The molecule has 0 bridgehead atoms. The van der Waals surface area contributed by atoms with E-state index in [0.717, 1.165) is 67.2 Å². The average Bonchev–Trinajstić information content (AvgIpc) is 4.00. The van der Waals surface area contributed by atoms with Gasteiger partial charge >= 0.3 is 0 Å². The van der Waals surface area contributed by atoms with Gasteiger partial charge in [-0.2, -0.15) is 0 Å². The highest BCUT2D eigenvalue weighted by Gasteiger charge is 2.50. The number of furan rings is 1. The molecule has 2 heterocycles. The predicted octanol–water partition coefficient (Wildman–Crippen LogP) is 19.9. The molecule has 1 unspecified atom stereocenters. The van der Waals surface area contributed by atoms with E-state index in [-0.39, 0.29) is 0 Å². The maximum absolute atomic E-state index is 6.78. The fourth-order valence-corrected chi connectivity index (χ4v) is 13.3. The van der Waals surface area contributed by atoms with Crippen molar-refractivity contribution in [2.45, 2.75) is 5.41 Å². The summed E-state index contributed by atoms with van der Waals surface area (Å²) in [6, 6.07) is 103. The maximum Gasteiger partial charge on any atom is 0.135 e. The minimum absolute atomic E-state index is 0.693. The van der Waals surface area contributed by atoms with E-state index in [9.17, 15) is 0 Å². The highest BCUT2D eigenvalue weighted by atomic mass is 16.3. The summed E-state index contributed by atoms with van der Waals surface area (Å²) in [5.74, 6) is 0. The molecule has 1 aliphatic heterocycles. The Hall–Kier alpha value is -9.96. The van der Waals surface area contributed by atoms with E-state index in [4.69, 9.17) is 4.42 Å². The minimum atomic E-state index is -0.693. The Morgan fingerprint density at radius 2 is 0.776 bits per heavy atom. The van der Waals surface area contributed by atoms with Crippen LogP contribution in [0.4, 0.5) is 34.1 Å². The first-order valence-corrected chi connectivity index (χ1v) is 26.2. The topological polar surface area (TPSA) is 19.6 Å². The third-order valence-electron chi connectivity index (χ3n) is 16.4. The van der Waals surface area contributed by atoms with Gasteiger partial charge in [0.25, 0.3) is 0 Å². The molecule has 0 amide bonds. The quantitative estimate of drug-likeness (QED) is 0.171. The van der Waals surface area contributed by atoms with Crippen LogP contribution in [0.2, 0.25) is 0 Å². The van der Waals surface area contributed by atoms with Crippen molar-refractivity contribution < 1.29 is 4.42 Å². The standard InChI is InChI=1S/C73H46N2O/c1-3-21-47(22-4-1)51-25-11-17-35-68(51)74(49-39-41-54-57-30-12-18-36-69(57)75(48-23-5-2-6-24-48)70-37-19-13-31-58(70)60(54)43-49)50-40-42-66-61(44-50)53-27-8-7-26-52(53)55-28-9-15-33-64(55)73(66)65-34-16-10-29-56(65)62-45-63-59-32-14-20-38-71(59)76-72(63)46-67(62)73/h1-46H. The fourth-order valence-electron chi connectivity index (χ4n) is 13.3. The van der Waals surface area contributed by atoms with Crippen LogP contribution in [0.1, 0.15) is 22.3 Å². The molecule has 13 aromatic rings. The van der Waals surface area contributed by atoms with Crippen LogP contribution < -0.4 is 9.80 Å². The Kier molecular flexibility index (Phi) is 9.25. The van der Waals surface area contributed by atoms with Crippen molar-refractivity contribution in [3.63, 3.8) is 0 Å². The molecule has 0 saturated carbocycles. The van der Waals surface area contributed by atoms with Gasteiger partial charge in [-0.05, 0) is 145 Å². The summed E-state index contributed by atoms with van der Waals surface area (Å²) in [4.78, 5) is 4.92. The van der Waals surface area contributed by atoms with Crippen molar-refractivity contribution in [1.82, 2.24) is 0 Å². The van der Waals surface area contributed by atoms with Crippen molar-refractivity contribution in [2.24, 2.45) is 0 Å². The van der Waals surface area contributed by atoms with Gasteiger partial charge in [0.2, 0.25) is 0 Å². The van der Waals surface area contributed by atoms with Crippen LogP contribution in [-0.4, -0.2) is 0 Å². The van der Waals surface area contributed by atoms with Crippen LogP contribution in [0.5, 0.6) is 0 Å². The molecule has 0 N–H and O–H groups in total. The van der Waals surface area contributed by atoms with E-state index in [1.54, 1.807) is 0 Å². The Morgan fingerprint density at radius 1 is 0.289 bits per heavy atom. The van der Waals surface area contributed by atoms with E-state index in [2.05, 4.69) is 289 Å². The summed E-state index contributed by atoms with van der Waals surface area (Å²) in [7, 11) is 0. The Bertz CT molecular complexity index is 4490. The molecule has 0 radical (unpaired) electrons. The van der Waals surface area contributed by atoms with Crippen molar-refractivity contribution in [3.8, 4) is 66.8 Å². The summed E-state index contributed by atoms with van der Waals surface area (Å²) < 4.78 is 6.78. The minimum Gasteiger partial charge on any atom is -0.456 e. The van der Waals surface area contributed by atoms with Gasteiger partial charge in [-0.1, -0.05) is 206 Å². The van der Waals surface area contributed by atoms with Crippen LogP contribution in [0.15, 0.2) is 283 Å². The van der Waals surface area contributed by atoms with Gasteiger partial charge in [-0.3, -0.25) is 0 Å². The molecule has 12 aromatic carbocycles. The van der Waals surface area contributed by atoms with Gasteiger partial charge in [0.15, 0.2) is 0 Å². The highest BCUT2D eigenvalue weighted by Crippen LogP contribution is 2.63. The van der Waals surface area contributed by atoms with Crippen LogP contribution in [-0.2, 0) is 5.41 Å². The van der Waals surface area contributed by atoms with Gasteiger partial charge < -0.3 is 14.2 Å². The number of nitrogens with zero attached hydrogens (tertiary/aromatic N) is 2. The molecule has 1 aromatic heterocycles. The fraction of sp³-hybridized carbons (Fsp3) is 0.0137. The first-order chi connectivity index (χ1) is 37.7. The average molecular weight is 967 g/mol. The summed E-state index contributed by atoms with van der Waals surface area (Å²) >= 11 is 0. The lowest BCUT2D eigenvalue weighted by Gasteiger charge is -2.36. The maximum atomic E-state index is 6.78. The van der Waals surface area contributed by atoms with Crippen molar-refractivity contribution in [1.29, 1.82) is 0 Å². The van der Waals surface area contributed by atoms with Gasteiger partial charge in [0.05, 0.1) is 22.5 Å². The van der Waals surface area contributed by atoms with Gasteiger partial charge in [-0.15, -0.1) is 0 Å². The van der Waals surface area contributed by atoms with Gasteiger partial charge in [0.1, 0.15) is 11.2 Å². The molecule has 0 fully saturated rings. The first-order valence-electron chi connectivity index (χ1n) is 26.2. The highest BCUT2D eigenvalue weighted by molar-refractivity contribution is 6.10. The summed E-state index contributed by atoms with van der Waals surface area (Å²) in [5.41, 5.74) is 27.0. The third-order valence-corrected chi connectivity index (χ3v) is 16.4. The van der Waals surface area contributed by atoms with E-state index < -0.39 is 5.41 Å². The third kappa shape index (κ3) is 6.05. The molecule has 1 spiro atoms. The van der Waals surface area contributed by atoms with Gasteiger partial charge in [0, 0.05) is 44.5 Å². The Morgan fingerprint density at radius 3 is 1.50 bits per heavy atom. The molecular weight excluding hydrogens is 921 g/mol. The van der Waals surface area contributed by atoms with Crippen molar-refractivity contribution in [2.75, 3.05) is 9.80 Å². The lowest BCUT2D eigenvalue weighted by atomic mass is 9.66. The molecule has 3 aliphatic rings. The predicted molar refractivity (Wildman–Crippen MR) is 315 cm³/mol. The second-order valence-corrected chi connectivity index (χ2v) is 20.3. The SMILES string of the molecule is c1ccc(-c2ccccc2N(c2ccc3c(c2)-c2ccccc2N(c2ccccc2)c2ccccc2-3)c2ccc3c(c2)-c2ccccc2-c2ccccc2C32c3ccccc3-c3cc4c(cc32)oc2ccccc24)cc1. The lowest BCUT2D eigenvalue weighted by molar-refractivity contribution is 0.666. The number of fused-ring (bicyclic) bond motifs is 20. The van der Waals surface area contributed by atoms with E-state index in [0.29, 0.717) is 0 Å². The number of benzene rings is 12. The monoisotopic (exact) mass is 966 g/mol. The first kappa shape index (κ1) is 42.5. The zero-order chi connectivity index (χ0) is 49.9. The summed E-state index contributed by atoms with van der Waals surface area (Å²) in [6.45, 7) is 0. The molecule has 2 aliphatic carbocycles. The number of anilines is 6. The summed E-state index contributed by atoms with van der Waals surface area (Å²) in [6.07, 6.45) is 0. The summed E-state index contributed by atoms with van der Waals surface area (Å²) in [5, 5.41) is 2.27. The number of hydrogen-bond acceptors (Lipinski definition) is 3. The number of hydrogen-bond donors (Lipinski definition) is 0. The molecular formula is C73H46N2O. The van der Waals surface area contributed by atoms with Gasteiger partial charge in [-0.25, -0.2) is 0 Å². The molecule has 354 valence electrons. The second-order valence-electron chi connectivity index (χ2n) is 20.3. The smallest absolute Gasteiger partial charge is 0.135 e. The largest absolute Gasteiger partial charge is 0.456 e. The van der Waals surface area contributed by atoms with Crippen molar-refractivity contribution >= 4 is 56.1 Å². The molecule has 3 heteroatoms. The molecule has 3 nitrogen and oxygen atoms in total. The zero-order valence-electron chi connectivity index (χ0n) is 41.4. The second kappa shape index (κ2) is 16.5. The lowest BCUT2D eigenvalue weighted by Crippen LogP contribution is -2.29. The van der Waals surface area contributed by atoms with Crippen molar-refractivity contribution in [3.05, 3.63) is 301 Å². The molecule has 16 rings (SSSR count). The number of para-hydroxylation sites is 5. The van der Waals surface area contributed by atoms with Crippen LogP contribution in [0.25, 0.3) is 88.7 Å². The van der Waals surface area contributed by atoms with E-state index in [1.807, 2.05) is 0 Å². The molecule has 76 heavy (non-hydrogen) atoms. The molecule has 1 atom stereocenters. The van der Waals surface area contributed by atoms with E-state index in [1.165, 1.54) is 77.9 Å². The molecule has 0 saturated heterocycles. The normalized spacial score (nSPS) is 14.3. The Balaban J connectivity index is 0.987. The van der Waals surface area contributed by atoms with Crippen LogP contribution in [0, 0.1) is 0 Å². The Labute approximate surface area is 441 Å². The van der Waals surface area contributed by atoms with E-state index >= 15 is 0 Å². The van der Waals surface area contributed by atoms with Crippen LogP contribution >= 0.6 is 0 Å².